The number of rotatable bonds is 7. The summed E-state index contributed by atoms with van der Waals surface area (Å²) in [5, 5.41) is 6.12. The molecule has 2 aromatic carbocycles. The smallest absolute Gasteiger partial charge is 0.257 e. The van der Waals surface area contributed by atoms with E-state index in [-0.39, 0.29) is 12.0 Å². The molecule has 3 rings (SSSR count). The summed E-state index contributed by atoms with van der Waals surface area (Å²) in [4.78, 5) is 18.8. The van der Waals surface area contributed by atoms with E-state index in [4.69, 9.17) is 4.74 Å². The summed E-state index contributed by atoms with van der Waals surface area (Å²) in [6.07, 6.45) is 1.63. The Bertz CT molecular complexity index is 951. The zero-order valence-corrected chi connectivity index (χ0v) is 17.1. The third-order valence-electron chi connectivity index (χ3n) is 4.18. The van der Waals surface area contributed by atoms with Gasteiger partial charge in [-0.2, -0.15) is 0 Å². The average Bonchev–Trinajstić information content (AvgIpc) is 2.70. The van der Waals surface area contributed by atoms with Gasteiger partial charge in [0.2, 0.25) is 0 Å². The van der Waals surface area contributed by atoms with Gasteiger partial charge in [-0.25, -0.2) is 4.98 Å². The van der Waals surface area contributed by atoms with Crippen LogP contribution in [-0.4, -0.2) is 31.1 Å². The topological polar surface area (TPSA) is 66.5 Å². The molecule has 0 aliphatic carbocycles. The van der Waals surface area contributed by atoms with Crippen LogP contribution in [0.15, 0.2) is 66.9 Å². The lowest BCUT2D eigenvalue weighted by Gasteiger charge is -2.15. The highest BCUT2D eigenvalue weighted by molar-refractivity contribution is 6.04. The van der Waals surface area contributed by atoms with Crippen molar-refractivity contribution in [3.63, 3.8) is 0 Å². The second kappa shape index (κ2) is 9.10. The Balaban J connectivity index is 1.66. The van der Waals surface area contributed by atoms with Crippen LogP contribution in [0.4, 0.5) is 22.9 Å². The minimum absolute atomic E-state index is 0.0729. The summed E-state index contributed by atoms with van der Waals surface area (Å²) in [5.74, 6) is 1.19. The van der Waals surface area contributed by atoms with Gasteiger partial charge in [0.15, 0.2) is 0 Å². The highest BCUT2D eigenvalue weighted by Gasteiger charge is 2.09. The van der Waals surface area contributed by atoms with E-state index in [1.165, 1.54) is 0 Å². The first-order valence-electron chi connectivity index (χ1n) is 9.50. The number of pyridine rings is 1. The van der Waals surface area contributed by atoms with E-state index in [0.717, 1.165) is 22.8 Å². The number of carbonyl (C=O) groups excluding carboxylic acids is 1. The molecule has 0 fully saturated rings. The predicted molar refractivity (Wildman–Crippen MR) is 118 cm³/mol. The first-order valence-corrected chi connectivity index (χ1v) is 9.50. The molecule has 0 saturated carbocycles. The van der Waals surface area contributed by atoms with Crippen LogP contribution in [0, 0.1) is 0 Å². The van der Waals surface area contributed by atoms with Crippen molar-refractivity contribution in [2.24, 2.45) is 0 Å². The van der Waals surface area contributed by atoms with Crippen molar-refractivity contribution in [1.82, 2.24) is 4.98 Å². The number of nitrogens with zero attached hydrogens (tertiary/aromatic N) is 2. The molecule has 1 heterocycles. The van der Waals surface area contributed by atoms with Gasteiger partial charge >= 0.3 is 0 Å². The molecule has 150 valence electrons. The molecule has 0 aliphatic heterocycles. The normalized spacial score (nSPS) is 10.5. The zero-order valence-electron chi connectivity index (χ0n) is 17.1. The minimum Gasteiger partial charge on any atom is -0.489 e. The average molecular weight is 390 g/mol. The summed E-state index contributed by atoms with van der Waals surface area (Å²) in [5.41, 5.74) is 3.12. The number of hydrogen-bond acceptors (Lipinski definition) is 5. The van der Waals surface area contributed by atoms with Gasteiger partial charge < -0.3 is 20.3 Å². The maximum Gasteiger partial charge on any atom is 0.257 e. The van der Waals surface area contributed by atoms with Crippen LogP contribution >= 0.6 is 0 Å². The molecule has 3 aromatic rings. The Hall–Kier alpha value is -3.54. The monoisotopic (exact) mass is 390 g/mol. The van der Waals surface area contributed by atoms with Crippen LogP contribution in [0.2, 0.25) is 0 Å². The molecule has 0 spiro atoms. The fraction of sp³-hybridized carbons (Fsp3) is 0.217. The van der Waals surface area contributed by atoms with Crippen molar-refractivity contribution in [2.45, 2.75) is 20.0 Å². The molecule has 1 amide bonds. The minimum atomic E-state index is -0.204. The maximum absolute atomic E-state index is 12.5. The number of benzene rings is 2. The molecule has 0 unspecified atom stereocenters. The third-order valence-corrected chi connectivity index (χ3v) is 4.18. The number of para-hydroxylation sites is 2. The molecular formula is C23H26N4O2. The molecule has 0 bridgehead atoms. The molecule has 6 heteroatoms. The molecular weight excluding hydrogens is 364 g/mol. The van der Waals surface area contributed by atoms with Gasteiger partial charge in [0.1, 0.15) is 11.6 Å². The van der Waals surface area contributed by atoms with Crippen molar-refractivity contribution in [2.75, 3.05) is 29.6 Å². The summed E-state index contributed by atoms with van der Waals surface area (Å²) in [6.45, 7) is 3.97. The lowest BCUT2D eigenvalue weighted by Crippen LogP contribution is -2.13. The fourth-order valence-corrected chi connectivity index (χ4v) is 2.71. The van der Waals surface area contributed by atoms with Crippen molar-refractivity contribution in [3.8, 4) is 5.75 Å². The first-order chi connectivity index (χ1) is 13.9. The number of amides is 1. The summed E-state index contributed by atoms with van der Waals surface area (Å²) >= 11 is 0. The van der Waals surface area contributed by atoms with Crippen LogP contribution in [0.25, 0.3) is 0 Å². The van der Waals surface area contributed by atoms with Crippen LogP contribution in [-0.2, 0) is 0 Å². The Morgan fingerprint density at radius 1 is 1.00 bits per heavy atom. The van der Waals surface area contributed by atoms with Gasteiger partial charge in [0, 0.05) is 31.7 Å². The van der Waals surface area contributed by atoms with Gasteiger partial charge in [0.05, 0.1) is 17.4 Å². The number of anilines is 4. The van der Waals surface area contributed by atoms with Crippen LogP contribution < -0.4 is 20.3 Å². The number of aromatic nitrogens is 1. The Morgan fingerprint density at radius 2 is 1.72 bits per heavy atom. The Labute approximate surface area is 171 Å². The lowest BCUT2D eigenvalue weighted by atomic mass is 10.2. The van der Waals surface area contributed by atoms with E-state index in [1.54, 1.807) is 18.3 Å². The number of ether oxygens (including phenoxy) is 1. The highest BCUT2D eigenvalue weighted by Crippen LogP contribution is 2.27. The van der Waals surface area contributed by atoms with E-state index in [0.29, 0.717) is 11.4 Å². The third kappa shape index (κ3) is 5.48. The number of hydrogen-bond donors (Lipinski definition) is 2. The second-order valence-electron chi connectivity index (χ2n) is 7.12. The first kappa shape index (κ1) is 20.2. The van der Waals surface area contributed by atoms with Crippen molar-refractivity contribution in [3.05, 3.63) is 72.4 Å². The van der Waals surface area contributed by atoms with E-state index in [9.17, 15) is 4.79 Å². The zero-order chi connectivity index (χ0) is 20.8. The molecule has 6 nitrogen and oxygen atoms in total. The summed E-state index contributed by atoms with van der Waals surface area (Å²) in [6, 6.07) is 18.9. The SMILES string of the molecule is CC(C)Oc1ccccc1Nc1ccc(C(=O)Nc2ccc(N(C)C)cc2)cn1. The molecule has 0 saturated heterocycles. The molecule has 2 N–H and O–H groups in total. The maximum atomic E-state index is 12.5. The van der Waals surface area contributed by atoms with Gasteiger partial charge in [-0.15, -0.1) is 0 Å². The van der Waals surface area contributed by atoms with E-state index in [1.807, 2.05) is 81.4 Å². The van der Waals surface area contributed by atoms with Crippen LogP contribution in [0.5, 0.6) is 5.75 Å². The van der Waals surface area contributed by atoms with Gasteiger partial charge in [-0.1, -0.05) is 12.1 Å². The number of nitrogens with one attached hydrogen (secondary N) is 2. The molecule has 0 radical (unpaired) electrons. The second-order valence-corrected chi connectivity index (χ2v) is 7.12. The molecule has 1 aromatic heterocycles. The highest BCUT2D eigenvalue weighted by atomic mass is 16.5. The van der Waals surface area contributed by atoms with E-state index < -0.39 is 0 Å². The Morgan fingerprint density at radius 3 is 2.34 bits per heavy atom. The van der Waals surface area contributed by atoms with E-state index >= 15 is 0 Å². The molecule has 29 heavy (non-hydrogen) atoms. The van der Waals surface area contributed by atoms with E-state index in [2.05, 4.69) is 15.6 Å². The van der Waals surface area contributed by atoms with Gasteiger partial charge in [0.25, 0.3) is 5.91 Å². The van der Waals surface area contributed by atoms with Crippen molar-refractivity contribution < 1.29 is 9.53 Å². The van der Waals surface area contributed by atoms with Crippen LogP contribution in [0.1, 0.15) is 24.2 Å². The fourth-order valence-electron chi connectivity index (χ4n) is 2.71. The summed E-state index contributed by atoms with van der Waals surface area (Å²) < 4.78 is 5.81. The Kier molecular flexibility index (Phi) is 6.34. The quantitative estimate of drug-likeness (QED) is 0.599. The molecule has 0 atom stereocenters. The summed E-state index contributed by atoms with van der Waals surface area (Å²) in [7, 11) is 3.95. The lowest BCUT2D eigenvalue weighted by molar-refractivity contribution is 0.102. The van der Waals surface area contributed by atoms with Crippen molar-refractivity contribution >= 4 is 28.8 Å². The van der Waals surface area contributed by atoms with Crippen LogP contribution in [0.3, 0.4) is 0 Å². The largest absolute Gasteiger partial charge is 0.489 e. The van der Waals surface area contributed by atoms with Crippen molar-refractivity contribution in [1.29, 1.82) is 0 Å². The van der Waals surface area contributed by atoms with Gasteiger partial charge in [-0.3, -0.25) is 4.79 Å². The standard InChI is InChI=1S/C23H26N4O2/c1-16(2)29-21-8-6-5-7-20(21)26-22-14-9-17(15-24-22)23(28)25-18-10-12-19(13-11-18)27(3)4/h5-16H,1-4H3,(H,24,26)(H,25,28). The molecule has 0 aliphatic rings. The number of carbonyl (C=O) groups is 1. The predicted octanol–water partition coefficient (Wildman–Crippen LogP) is 4.93. The van der Waals surface area contributed by atoms with Gasteiger partial charge in [-0.05, 0) is 62.4 Å².